The molecule has 0 aromatic carbocycles. The number of hydrogen-bond acceptors (Lipinski definition) is 4. The lowest BCUT2D eigenvalue weighted by molar-refractivity contribution is 0.0894. The maximum Gasteiger partial charge on any atom is 0.248 e. The maximum atomic E-state index is 11.7. The molecule has 1 aromatic rings. The van der Waals surface area contributed by atoms with Crippen molar-refractivity contribution in [3.05, 3.63) is 29.7 Å². The van der Waals surface area contributed by atoms with Gasteiger partial charge in [-0.2, -0.15) is 0 Å². The van der Waals surface area contributed by atoms with Crippen LogP contribution in [0.5, 0.6) is 0 Å². The monoisotopic (exact) mass is 193 g/mol. The minimum Gasteiger partial charge on any atom is -0.490 e. The Bertz CT molecular complexity index is 378. The van der Waals surface area contributed by atoms with Gasteiger partial charge in [-0.05, 0) is 18.9 Å². The quantitative estimate of drug-likeness (QED) is 0.672. The number of aryl methyl sites for hydroxylation is 1. The van der Waals surface area contributed by atoms with Crippen LogP contribution in [0.25, 0.3) is 0 Å². The Hall–Kier alpha value is -1.58. The first-order chi connectivity index (χ1) is 6.77. The van der Waals surface area contributed by atoms with Crippen LogP contribution in [0.15, 0.2) is 22.5 Å². The van der Waals surface area contributed by atoms with Gasteiger partial charge in [-0.15, -0.1) is 0 Å². The molecule has 74 valence electrons. The zero-order valence-corrected chi connectivity index (χ0v) is 7.95. The molecule has 0 fully saturated rings. The molecule has 0 bridgehead atoms. The Balaban J connectivity index is 2.19. The normalized spacial score (nSPS) is 15.9. The lowest BCUT2D eigenvalue weighted by atomic mass is 10.2. The second-order valence-electron chi connectivity index (χ2n) is 3.14. The highest BCUT2D eigenvalue weighted by Gasteiger charge is 2.18. The first-order valence-corrected chi connectivity index (χ1v) is 4.57. The number of aromatic nitrogens is 1. The van der Waals surface area contributed by atoms with Gasteiger partial charge in [0.05, 0.1) is 6.61 Å². The highest BCUT2D eigenvalue weighted by atomic mass is 16.5. The molecule has 0 saturated carbocycles. The molecular formula is C10H11NO3. The molecule has 0 saturated heterocycles. The molecule has 1 aromatic heterocycles. The molecule has 4 nitrogen and oxygen atoms in total. The minimum absolute atomic E-state index is 0.193. The second-order valence-corrected chi connectivity index (χ2v) is 3.14. The summed E-state index contributed by atoms with van der Waals surface area (Å²) < 4.78 is 10.2. The fourth-order valence-corrected chi connectivity index (χ4v) is 1.31. The van der Waals surface area contributed by atoms with Crippen molar-refractivity contribution in [1.82, 2.24) is 4.98 Å². The summed E-state index contributed by atoms with van der Waals surface area (Å²) in [5.74, 6) is 0.691. The number of rotatable bonds is 2. The van der Waals surface area contributed by atoms with Gasteiger partial charge >= 0.3 is 0 Å². The molecule has 0 radical (unpaired) electrons. The molecule has 4 heteroatoms. The molecule has 0 N–H and O–H groups in total. The van der Waals surface area contributed by atoms with E-state index in [9.17, 15) is 4.79 Å². The number of ketones is 1. The first kappa shape index (κ1) is 8.99. The van der Waals surface area contributed by atoms with Crippen molar-refractivity contribution < 1.29 is 13.9 Å². The van der Waals surface area contributed by atoms with E-state index in [1.165, 1.54) is 6.26 Å². The molecule has 0 unspecified atom stereocenters. The molecular weight excluding hydrogens is 182 g/mol. The molecule has 0 aliphatic carbocycles. The minimum atomic E-state index is -0.193. The fraction of sp³-hybridized carbons (Fsp3) is 0.400. The van der Waals surface area contributed by atoms with Crippen LogP contribution < -0.4 is 0 Å². The Morgan fingerprint density at radius 1 is 1.57 bits per heavy atom. The smallest absolute Gasteiger partial charge is 0.248 e. The number of allylic oxidation sites excluding steroid dienone is 2. The summed E-state index contributed by atoms with van der Waals surface area (Å²) in [5, 5.41) is 0. The van der Waals surface area contributed by atoms with E-state index in [-0.39, 0.29) is 5.78 Å². The van der Waals surface area contributed by atoms with E-state index in [4.69, 9.17) is 9.15 Å². The second kappa shape index (κ2) is 3.65. The number of carbonyl (C=O) groups is 1. The molecule has 1 aliphatic heterocycles. The van der Waals surface area contributed by atoms with Crippen LogP contribution in [0.2, 0.25) is 0 Å². The third-order valence-corrected chi connectivity index (χ3v) is 2.01. The zero-order chi connectivity index (χ0) is 9.97. The van der Waals surface area contributed by atoms with Gasteiger partial charge in [0, 0.05) is 6.92 Å². The topological polar surface area (TPSA) is 52.3 Å². The number of nitrogens with zero attached hydrogens (tertiary/aromatic N) is 1. The van der Waals surface area contributed by atoms with Gasteiger partial charge < -0.3 is 9.15 Å². The van der Waals surface area contributed by atoms with Crippen LogP contribution >= 0.6 is 0 Å². The summed E-state index contributed by atoms with van der Waals surface area (Å²) in [5.41, 5.74) is 0.315. The van der Waals surface area contributed by atoms with Gasteiger partial charge in [-0.3, -0.25) is 4.79 Å². The van der Waals surface area contributed by atoms with Crippen molar-refractivity contribution in [3.63, 3.8) is 0 Å². The average molecular weight is 193 g/mol. The SMILES string of the molecule is Cc1nc(C(=O)C2=CCCCO2)co1. The molecule has 0 amide bonds. The van der Waals surface area contributed by atoms with E-state index in [1.54, 1.807) is 13.0 Å². The predicted molar refractivity (Wildman–Crippen MR) is 48.8 cm³/mol. The number of hydrogen-bond donors (Lipinski definition) is 0. The largest absolute Gasteiger partial charge is 0.490 e. The van der Waals surface area contributed by atoms with Crippen LogP contribution in [0.4, 0.5) is 0 Å². The third kappa shape index (κ3) is 1.69. The van der Waals surface area contributed by atoms with Crippen LogP contribution in [0, 0.1) is 6.92 Å². The van der Waals surface area contributed by atoms with E-state index < -0.39 is 0 Å². The lowest BCUT2D eigenvalue weighted by Crippen LogP contribution is -2.11. The Kier molecular flexibility index (Phi) is 2.35. The van der Waals surface area contributed by atoms with Crippen LogP contribution in [-0.2, 0) is 4.74 Å². The van der Waals surface area contributed by atoms with Crippen LogP contribution in [0.1, 0.15) is 29.2 Å². The molecule has 0 atom stereocenters. The summed E-state index contributed by atoms with van der Waals surface area (Å²) in [6.45, 7) is 2.31. The van der Waals surface area contributed by atoms with Crippen molar-refractivity contribution >= 4 is 5.78 Å². The highest BCUT2D eigenvalue weighted by Crippen LogP contribution is 2.15. The van der Waals surface area contributed by atoms with Crippen molar-refractivity contribution in [2.45, 2.75) is 19.8 Å². The van der Waals surface area contributed by atoms with Gasteiger partial charge in [0.25, 0.3) is 0 Å². The Labute approximate surface area is 81.6 Å². The number of Topliss-reactive ketones (excluding diaryl/α,β-unsaturated/α-hetero) is 1. The molecule has 1 aliphatic rings. The summed E-state index contributed by atoms with van der Waals surface area (Å²) in [6.07, 6.45) is 5.01. The number of carbonyl (C=O) groups excluding carboxylic acids is 1. The van der Waals surface area contributed by atoms with Crippen LogP contribution in [0.3, 0.4) is 0 Å². The standard InChI is InChI=1S/C10H11NO3/c1-7-11-8(6-14-7)10(12)9-4-2-3-5-13-9/h4,6H,2-3,5H2,1H3. The fourth-order valence-electron chi connectivity index (χ4n) is 1.31. The summed E-state index contributed by atoms with van der Waals surface area (Å²) in [4.78, 5) is 15.6. The van der Waals surface area contributed by atoms with Gasteiger partial charge in [0.15, 0.2) is 17.3 Å². The zero-order valence-electron chi connectivity index (χ0n) is 7.95. The van der Waals surface area contributed by atoms with Crippen molar-refractivity contribution in [3.8, 4) is 0 Å². The molecule has 2 rings (SSSR count). The average Bonchev–Trinajstić information content (AvgIpc) is 2.65. The summed E-state index contributed by atoms with van der Waals surface area (Å²) >= 11 is 0. The Morgan fingerprint density at radius 3 is 3.00 bits per heavy atom. The highest BCUT2D eigenvalue weighted by molar-refractivity contribution is 6.05. The van der Waals surface area contributed by atoms with E-state index in [1.807, 2.05) is 0 Å². The summed E-state index contributed by atoms with van der Waals surface area (Å²) in [6, 6.07) is 0. The van der Waals surface area contributed by atoms with Crippen molar-refractivity contribution in [2.24, 2.45) is 0 Å². The molecule has 0 spiro atoms. The van der Waals surface area contributed by atoms with E-state index in [0.717, 1.165) is 12.8 Å². The van der Waals surface area contributed by atoms with Gasteiger partial charge in [-0.25, -0.2) is 4.98 Å². The number of ether oxygens (including phenoxy) is 1. The summed E-state index contributed by atoms with van der Waals surface area (Å²) in [7, 11) is 0. The van der Waals surface area contributed by atoms with Crippen molar-refractivity contribution in [1.29, 1.82) is 0 Å². The number of oxazole rings is 1. The third-order valence-electron chi connectivity index (χ3n) is 2.01. The van der Waals surface area contributed by atoms with Gasteiger partial charge in [-0.1, -0.05) is 0 Å². The first-order valence-electron chi connectivity index (χ1n) is 4.57. The Morgan fingerprint density at radius 2 is 2.43 bits per heavy atom. The predicted octanol–water partition coefficient (Wildman–Crippen LogP) is 1.86. The van der Waals surface area contributed by atoms with Crippen LogP contribution in [-0.4, -0.2) is 17.4 Å². The van der Waals surface area contributed by atoms with E-state index in [0.29, 0.717) is 24.0 Å². The van der Waals surface area contributed by atoms with Gasteiger partial charge in [0.1, 0.15) is 6.26 Å². The van der Waals surface area contributed by atoms with E-state index >= 15 is 0 Å². The molecule has 14 heavy (non-hydrogen) atoms. The van der Waals surface area contributed by atoms with Gasteiger partial charge in [0.2, 0.25) is 5.78 Å². The lowest BCUT2D eigenvalue weighted by Gasteiger charge is -2.12. The van der Waals surface area contributed by atoms with E-state index in [2.05, 4.69) is 4.98 Å². The molecule has 2 heterocycles. The van der Waals surface area contributed by atoms with Crippen molar-refractivity contribution in [2.75, 3.05) is 6.61 Å². The maximum absolute atomic E-state index is 11.7.